The van der Waals surface area contributed by atoms with E-state index in [1.807, 2.05) is 12.1 Å². The van der Waals surface area contributed by atoms with E-state index < -0.39 is 0 Å². The molecular weight excluding hydrogens is 460 g/mol. The molecular formula is C24H17BrN2O4. The number of carbonyl (C=O) groups is 3. The lowest BCUT2D eigenvalue weighted by Crippen LogP contribution is -2.29. The van der Waals surface area contributed by atoms with Crippen molar-refractivity contribution in [2.24, 2.45) is 0 Å². The molecule has 0 unspecified atom stereocenters. The van der Waals surface area contributed by atoms with Crippen LogP contribution in [0.3, 0.4) is 0 Å². The van der Waals surface area contributed by atoms with Crippen LogP contribution < -0.4 is 15.0 Å². The minimum Gasteiger partial charge on any atom is -0.496 e. The van der Waals surface area contributed by atoms with Crippen LogP contribution in [-0.2, 0) is 4.79 Å². The van der Waals surface area contributed by atoms with E-state index in [0.29, 0.717) is 28.3 Å². The average Bonchev–Trinajstić information content (AvgIpc) is 3.03. The van der Waals surface area contributed by atoms with Gasteiger partial charge in [0.15, 0.2) is 0 Å². The summed E-state index contributed by atoms with van der Waals surface area (Å²) in [5.41, 5.74) is 2.51. The van der Waals surface area contributed by atoms with E-state index in [1.54, 1.807) is 67.8 Å². The number of nitrogens with zero attached hydrogens (tertiary/aromatic N) is 1. The van der Waals surface area contributed by atoms with Gasteiger partial charge in [0.25, 0.3) is 11.8 Å². The zero-order valence-corrected chi connectivity index (χ0v) is 18.0. The molecule has 0 saturated heterocycles. The first-order valence-corrected chi connectivity index (χ1v) is 10.2. The Morgan fingerprint density at radius 3 is 2.23 bits per heavy atom. The third-order valence-electron chi connectivity index (χ3n) is 4.79. The molecule has 0 aromatic heterocycles. The monoisotopic (exact) mass is 476 g/mol. The van der Waals surface area contributed by atoms with Crippen molar-refractivity contribution in [1.82, 2.24) is 0 Å². The number of amides is 3. The molecule has 0 fully saturated rings. The Morgan fingerprint density at radius 1 is 0.968 bits per heavy atom. The molecule has 1 aliphatic heterocycles. The van der Waals surface area contributed by atoms with Crippen molar-refractivity contribution in [2.75, 3.05) is 17.3 Å². The van der Waals surface area contributed by atoms with E-state index in [-0.39, 0.29) is 17.7 Å². The van der Waals surface area contributed by atoms with Crippen LogP contribution in [0, 0.1) is 0 Å². The molecule has 3 amide bonds. The molecule has 0 spiro atoms. The Kier molecular flexibility index (Phi) is 5.68. The summed E-state index contributed by atoms with van der Waals surface area (Å²) in [4.78, 5) is 38.6. The first kappa shape index (κ1) is 20.6. The zero-order chi connectivity index (χ0) is 22.0. The van der Waals surface area contributed by atoms with E-state index in [1.165, 1.54) is 6.08 Å². The number of rotatable bonds is 5. The summed E-state index contributed by atoms with van der Waals surface area (Å²) in [5.74, 6) is -0.389. The Morgan fingerprint density at radius 2 is 1.61 bits per heavy atom. The maximum Gasteiger partial charge on any atom is 0.266 e. The van der Waals surface area contributed by atoms with Gasteiger partial charge in [0.2, 0.25) is 5.91 Å². The number of ether oxygens (including phenoxy) is 1. The molecule has 4 rings (SSSR count). The molecule has 0 atom stereocenters. The molecule has 0 radical (unpaired) electrons. The van der Waals surface area contributed by atoms with Gasteiger partial charge in [0, 0.05) is 21.8 Å². The number of halogens is 1. The van der Waals surface area contributed by atoms with Crippen molar-refractivity contribution >= 4 is 51.1 Å². The SMILES string of the molecule is COc1ccc(Br)cc1/C=C/C(=O)Nc1ccc(N2C(=O)c3ccccc3C2=O)cc1. The van der Waals surface area contributed by atoms with Gasteiger partial charge in [-0.1, -0.05) is 28.1 Å². The van der Waals surface area contributed by atoms with Gasteiger partial charge in [-0.2, -0.15) is 0 Å². The van der Waals surface area contributed by atoms with Crippen molar-refractivity contribution in [3.8, 4) is 5.75 Å². The van der Waals surface area contributed by atoms with Gasteiger partial charge in [-0.25, -0.2) is 4.90 Å². The van der Waals surface area contributed by atoms with Crippen molar-refractivity contribution in [2.45, 2.75) is 0 Å². The van der Waals surface area contributed by atoms with Gasteiger partial charge in [-0.3, -0.25) is 14.4 Å². The number of carbonyl (C=O) groups excluding carboxylic acids is 3. The number of fused-ring (bicyclic) bond motifs is 1. The first-order valence-electron chi connectivity index (χ1n) is 9.38. The van der Waals surface area contributed by atoms with Crippen LogP contribution in [0.1, 0.15) is 26.3 Å². The Balaban J connectivity index is 1.46. The second kappa shape index (κ2) is 8.57. The highest BCUT2D eigenvalue weighted by Gasteiger charge is 2.36. The molecule has 154 valence electrons. The maximum absolute atomic E-state index is 12.6. The van der Waals surface area contributed by atoms with Gasteiger partial charge in [0.1, 0.15) is 5.75 Å². The average molecular weight is 477 g/mol. The van der Waals surface area contributed by atoms with Crippen LogP contribution in [-0.4, -0.2) is 24.8 Å². The Hall–Kier alpha value is -3.71. The largest absolute Gasteiger partial charge is 0.496 e. The maximum atomic E-state index is 12.6. The number of imide groups is 1. The lowest BCUT2D eigenvalue weighted by Gasteiger charge is -2.14. The Labute approximate surface area is 187 Å². The van der Waals surface area contributed by atoms with Gasteiger partial charge in [-0.05, 0) is 60.7 Å². The van der Waals surface area contributed by atoms with Crippen molar-refractivity contribution in [1.29, 1.82) is 0 Å². The normalized spacial score (nSPS) is 12.9. The molecule has 3 aromatic carbocycles. The number of nitrogens with one attached hydrogen (secondary N) is 1. The molecule has 3 aromatic rings. The van der Waals surface area contributed by atoms with E-state index in [4.69, 9.17) is 4.74 Å². The Bertz CT molecular complexity index is 1180. The summed E-state index contributed by atoms with van der Waals surface area (Å²) in [5, 5.41) is 2.75. The molecule has 1 N–H and O–H groups in total. The molecule has 0 aliphatic carbocycles. The predicted octanol–water partition coefficient (Wildman–Crippen LogP) is 4.91. The van der Waals surface area contributed by atoms with Crippen LogP contribution in [0.15, 0.2) is 77.3 Å². The third kappa shape index (κ3) is 4.13. The van der Waals surface area contributed by atoms with Crippen molar-refractivity contribution in [3.05, 3.63) is 94.0 Å². The highest BCUT2D eigenvalue weighted by molar-refractivity contribution is 9.10. The van der Waals surface area contributed by atoms with Crippen LogP contribution >= 0.6 is 15.9 Å². The summed E-state index contributed by atoms with van der Waals surface area (Å²) >= 11 is 3.40. The second-order valence-electron chi connectivity index (χ2n) is 6.75. The summed E-state index contributed by atoms with van der Waals surface area (Å²) < 4.78 is 6.16. The lowest BCUT2D eigenvalue weighted by atomic mass is 10.1. The van der Waals surface area contributed by atoms with Crippen LogP contribution in [0.25, 0.3) is 6.08 Å². The van der Waals surface area contributed by atoms with Crippen molar-refractivity contribution < 1.29 is 19.1 Å². The van der Waals surface area contributed by atoms with Crippen LogP contribution in [0.5, 0.6) is 5.75 Å². The summed E-state index contributed by atoms with van der Waals surface area (Å²) in [7, 11) is 1.57. The fourth-order valence-corrected chi connectivity index (χ4v) is 3.68. The van der Waals surface area contributed by atoms with Gasteiger partial charge >= 0.3 is 0 Å². The fraction of sp³-hybridized carbons (Fsp3) is 0.0417. The number of benzene rings is 3. The molecule has 7 heteroatoms. The van der Waals surface area contributed by atoms with Gasteiger partial charge < -0.3 is 10.1 Å². The van der Waals surface area contributed by atoms with E-state index in [9.17, 15) is 14.4 Å². The molecule has 0 saturated carbocycles. The zero-order valence-electron chi connectivity index (χ0n) is 16.5. The van der Waals surface area contributed by atoms with Gasteiger partial charge in [0.05, 0.1) is 23.9 Å². The topological polar surface area (TPSA) is 75.7 Å². The van der Waals surface area contributed by atoms with Crippen LogP contribution in [0.2, 0.25) is 0 Å². The number of hydrogen-bond donors (Lipinski definition) is 1. The third-order valence-corrected chi connectivity index (χ3v) is 5.29. The molecule has 31 heavy (non-hydrogen) atoms. The highest BCUT2D eigenvalue weighted by atomic mass is 79.9. The molecule has 1 heterocycles. The molecule has 1 aliphatic rings. The summed E-state index contributed by atoms with van der Waals surface area (Å²) in [6.45, 7) is 0. The smallest absolute Gasteiger partial charge is 0.266 e. The number of methoxy groups -OCH3 is 1. The molecule has 6 nitrogen and oxygen atoms in total. The van der Waals surface area contributed by atoms with E-state index in [0.717, 1.165) is 14.9 Å². The molecule has 0 bridgehead atoms. The summed E-state index contributed by atoms with van der Waals surface area (Å²) in [6, 6.07) is 18.8. The first-order chi connectivity index (χ1) is 15.0. The van der Waals surface area contributed by atoms with Crippen molar-refractivity contribution in [3.63, 3.8) is 0 Å². The fourth-order valence-electron chi connectivity index (χ4n) is 3.30. The lowest BCUT2D eigenvalue weighted by molar-refractivity contribution is -0.111. The van der Waals surface area contributed by atoms with E-state index >= 15 is 0 Å². The number of hydrogen-bond acceptors (Lipinski definition) is 4. The number of anilines is 2. The highest BCUT2D eigenvalue weighted by Crippen LogP contribution is 2.29. The standard InChI is InChI=1S/C24H17BrN2O4/c1-31-21-12-7-16(25)14-15(21)6-13-22(28)26-17-8-10-18(11-9-17)27-23(29)19-4-2-3-5-20(19)24(27)30/h2-14H,1H3,(H,26,28)/b13-6+. The summed E-state index contributed by atoms with van der Waals surface area (Å²) in [6.07, 6.45) is 3.06. The van der Waals surface area contributed by atoms with Gasteiger partial charge in [-0.15, -0.1) is 0 Å². The predicted molar refractivity (Wildman–Crippen MR) is 122 cm³/mol. The second-order valence-corrected chi connectivity index (χ2v) is 7.66. The minimum atomic E-state index is -0.358. The van der Waals surface area contributed by atoms with E-state index in [2.05, 4.69) is 21.2 Å². The quantitative estimate of drug-likeness (QED) is 0.419. The van der Waals surface area contributed by atoms with Crippen LogP contribution in [0.4, 0.5) is 11.4 Å². The minimum absolute atomic E-state index is 0.324.